The minimum atomic E-state index is 0.115. The van der Waals surface area contributed by atoms with E-state index in [0.29, 0.717) is 11.6 Å². The van der Waals surface area contributed by atoms with Crippen molar-refractivity contribution in [3.63, 3.8) is 0 Å². The van der Waals surface area contributed by atoms with Crippen LogP contribution in [-0.2, 0) is 0 Å². The fourth-order valence-corrected chi connectivity index (χ4v) is 1.05. The van der Waals surface area contributed by atoms with Crippen LogP contribution in [0.25, 0.3) is 12.2 Å². The second-order valence-electron chi connectivity index (χ2n) is 2.96. The van der Waals surface area contributed by atoms with Gasteiger partial charge in [-0.1, -0.05) is 0 Å². The van der Waals surface area contributed by atoms with Gasteiger partial charge in [0, 0.05) is 11.2 Å². The van der Waals surface area contributed by atoms with Gasteiger partial charge in [-0.15, -0.1) is 14.9 Å². The number of nitrogens with one attached hydrogen (secondary N) is 1. The Kier molecular flexibility index (Phi) is 2.08. The zero-order valence-corrected chi connectivity index (χ0v) is 8.20. The van der Waals surface area contributed by atoms with Gasteiger partial charge in [-0.3, -0.25) is 5.84 Å². The molecule has 0 aliphatic rings. The summed E-state index contributed by atoms with van der Waals surface area (Å²) in [6.07, 6.45) is 3.16. The lowest BCUT2D eigenvalue weighted by Gasteiger charge is -1.94. The zero-order valence-electron chi connectivity index (χ0n) is 8.20. The van der Waals surface area contributed by atoms with Gasteiger partial charge in [0.25, 0.3) is 0 Å². The van der Waals surface area contributed by atoms with Crippen molar-refractivity contribution in [1.29, 1.82) is 0 Å². The molecule has 84 valence electrons. The molecule has 9 N–H and O–H groups in total. The van der Waals surface area contributed by atoms with Gasteiger partial charge in [0.15, 0.2) is 5.82 Å². The molecule has 2 rings (SSSR count). The molecule has 2 aromatic rings. The molecule has 10 nitrogen and oxygen atoms in total. The van der Waals surface area contributed by atoms with Crippen molar-refractivity contribution in [1.82, 2.24) is 25.1 Å². The van der Waals surface area contributed by atoms with Gasteiger partial charge < -0.3 is 17.3 Å². The van der Waals surface area contributed by atoms with Crippen LogP contribution < -0.4 is 27.8 Å². The number of hydrogen-bond acceptors (Lipinski definition) is 7. The van der Waals surface area contributed by atoms with Crippen molar-refractivity contribution in [2.24, 2.45) is 0 Å². The van der Waals surface area contributed by atoms with E-state index in [1.807, 2.05) is 0 Å². The predicted molar refractivity (Wildman–Crippen MR) is 56.9 cm³/mol. The third-order valence-electron chi connectivity index (χ3n) is 1.93. The molecule has 0 spiro atoms. The molecule has 0 aliphatic carbocycles. The topological polar surface area (TPSA) is 167 Å². The molecule has 2 heterocycles. The highest BCUT2D eigenvalue weighted by molar-refractivity contribution is 5.62. The van der Waals surface area contributed by atoms with E-state index in [9.17, 15) is 0 Å². The van der Waals surface area contributed by atoms with Gasteiger partial charge in [-0.05, 0) is 6.08 Å². The van der Waals surface area contributed by atoms with E-state index in [2.05, 4.69) is 20.4 Å². The van der Waals surface area contributed by atoms with E-state index >= 15 is 0 Å². The minimum absolute atomic E-state index is 0.115. The lowest BCUT2D eigenvalue weighted by molar-refractivity contribution is -0.625. The maximum atomic E-state index is 5.56. The summed E-state index contributed by atoms with van der Waals surface area (Å²) in [6.45, 7) is 0. The third kappa shape index (κ3) is 1.47. The Labute approximate surface area is 89.5 Å². The summed E-state index contributed by atoms with van der Waals surface area (Å²) in [6, 6.07) is 0. The van der Waals surface area contributed by atoms with Crippen molar-refractivity contribution in [2.45, 2.75) is 0 Å². The van der Waals surface area contributed by atoms with Crippen molar-refractivity contribution in [3.05, 3.63) is 11.6 Å². The molecule has 10 heteroatoms. The van der Waals surface area contributed by atoms with Crippen LogP contribution in [0.1, 0.15) is 11.6 Å². The Hall–Kier alpha value is -2.78. The van der Waals surface area contributed by atoms with Crippen LogP contribution in [0.15, 0.2) is 0 Å². The first-order valence-electron chi connectivity index (χ1n) is 4.24. The SMILES string of the molecule is Nc1nnc(/C=C/c2[nH]nc(N)[n+]2N)n1N. The van der Waals surface area contributed by atoms with Crippen LogP contribution in [0.5, 0.6) is 0 Å². The summed E-state index contributed by atoms with van der Waals surface area (Å²) in [5.74, 6) is 12.2. The maximum Gasteiger partial charge on any atom is 0.396 e. The van der Waals surface area contributed by atoms with E-state index in [1.54, 1.807) is 12.2 Å². The molecule has 0 fully saturated rings. The number of nitrogens with two attached hydrogens (primary N) is 4. The molecular weight excluding hydrogens is 212 g/mol. The predicted octanol–water partition coefficient (Wildman–Crippen LogP) is -2.95. The summed E-state index contributed by atoms with van der Waals surface area (Å²) in [5.41, 5.74) is 10.8. The van der Waals surface area contributed by atoms with E-state index in [4.69, 9.17) is 23.2 Å². The molecular formula is C6H11N10+. The largest absolute Gasteiger partial charge is 0.396 e. The maximum absolute atomic E-state index is 5.56. The number of rotatable bonds is 2. The Bertz CT molecular complexity index is 485. The zero-order chi connectivity index (χ0) is 11.7. The normalized spacial score (nSPS) is 11.2. The van der Waals surface area contributed by atoms with Crippen LogP contribution in [0.2, 0.25) is 0 Å². The molecule has 0 aromatic carbocycles. The minimum Gasteiger partial charge on any atom is -0.366 e. The highest BCUT2D eigenvalue weighted by Gasteiger charge is 2.10. The third-order valence-corrected chi connectivity index (χ3v) is 1.93. The lowest BCUT2D eigenvalue weighted by atomic mass is 10.4. The highest BCUT2D eigenvalue weighted by atomic mass is 15.5. The molecule has 0 atom stereocenters. The summed E-state index contributed by atoms with van der Waals surface area (Å²) in [7, 11) is 0. The fraction of sp³-hybridized carbons (Fsp3) is 0. The molecule has 0 amide bonds. The molecule has 16 heavy (non-hydrogen) atoms. The second kappa shape index (κ2) is 3.42. The summed E-state index contributed by atoms with van der Waals surface area (Å²) in [4.78, 5) is 0. The van der Waals surface area contributed by atoms with Gasteiger partial charge in [0.2, 0.25) is 11.8 Å². The van der Waals surface area contributed by atoms with E-state index in [0.717, 1.165) is 4.68 Å². The Morgan fingerprint density at radius 1 is 1.25 bits per heavy atom. The van der Waals surface area contributed by atoms with Crippen molar-refractivity contribution in [2.75, 3.05) is 23.2 Å². The molecule has 0 saturated carbocycles. The Morgan fingerprint density at radius 3 is 2.50 bits per heavy atom. The first-order valence-corrected chi connectivity index (χ1v) is 4.24. The van der Waals surface area contributed by atoms with Gasteiger partial charge in [0.1, 0.15) is 0 Å². The number of anilines is 2. The van der Waals surface area contributed by atoms with E-state index < -0.39 is 0 Å². The number of aromatic nitrogens is 6. The molecule has 0 saturated heterocycles. The van der Waals surface area contributed by atoms with Crippen LogP contribution in [0, 0.1) is 0 Å². The van der Waals surface area contributed by atoms with Crippen LogP contribution in [0.3, 0.4) is 0 Å². The molecule has 0 radical (unpaired) electrons. The monoisotopic (exact) mass is 223 g/mol. The van der Waals surface area contributed by atoms with Crippen molar-refractivity contribution in [3.8, 4) is 0 Å². The average molecular weight is 223 g/mol. The second-order valence-corrected chi connectivity index (χ2v) is 2.96. The smallest absolute Gasteiger partial charge is 0.366 e. The number of nitrogen functional groups attached to an aromatic ring is 4. The summed E-state index contributed by atoms with van der Waals surface area (Å²) in [5, 5.41) is 13.6. The molecule has 2 aromatic heterocycles. The van der Waals surface area contributed by atoms with Gasteiger partial charge >= 0.3 is 5.95 Å². The van der Waals surface area contributed by atoms with Gasteiger partial charge in [-0.25, -0.2) is 4.68 Å². The molecule has 0 aliphatic heterocycles. The highest BCUT2D eigenvalue weighted by Crippen LogP contribution is 2.02. The van der Waals surface area contributed by atoms with Gasteiger partial charge in [-0.2, -0.15) is 5.10 Å². The lowest BCUT2D eigenvalue weighted by Crippen LogP contribution is -2.47. The Morgan fingerprint density at radius 2 is 2.00 bits per heavy atom. The molecule has 0 unspecified atom stereocenters. The van der Waals surface area contributed by atoms with Crippen LogP contribution in [-0.4, -0.2) is 25.1 Å². The number of hydrogen-bond donors (Lipinski definition) is 5. The first kappa shape index (κ1) is 9.76. The van der Waals surface area contributed by atoms with E-state index in [1.165, 1.54) is 4.68 Å². The molecule has 0 bridgehead atoms. The van der Waals surface area contributed by atoms with Gasteiger partial charge in [0.05, 0.1) is 0 Å². The summed E-state index contributed by atoms with van der Waals surface area (Å²) >= 11 is 0. The standard InChI is InChI=1S/C6H10N10/c7-5-13-11-3(15(5)9)1-2-4-12-14-6(8)16(4)10/h1-2H,9-10H2,(H4,7,8,11,12,13,14)/p+1. The quantitative estimate of drug-likeness (QED) is 0.268. The fourth-order valence-electron chi connectivity index (χ4n) is 1.05. The van der Waals surface area contributed by atoms with E-state index in [-0.39, 0.29) is 11.9 Å². The Balaban J connectivity index is 2.28. The number of aromatic amines is 1. The average Bonchev–Trinajstić information content (AvgIpc) is 2.74. The van der Waals surface area contributed by atoms with Crippen LogP contribution in [0.4, 0.5) is 11.9 Å². The number of nitrogens with zero attached hydrogens (tertiary/aromatic N) is 5. The summed E-state index contributed by atoms with van der Waals surface area (Å²) < 4.78 is 2.31. The van der Waals surface area contributed by atoms with Crippen molar-refractivity contribution < 1.29 is 4.68 Å². The number of H-pyrrole nitrogens is 1. The van der Waals surface area contributed by atoms with Crippen molar-refractivity contribution >= 4 is 24.0 Å². The van der Waals surface area contributed by atoms with Crippen LogP contribution >= 0.6 is 0 Å². The first-order chi connectivity index (χ1) is 7.59.